The average molecular weight is 478 g/mol. The van der Waals surface area contributed by atoms with Crippen LogP contribution in [0.5, 0.6) is 0 Å². The van der Waals surface area contributed by atoms with E-state index in [-0.39, 0.29) is 24.8 Å². The predicted molar refractivity (Wildman–Crippen MR) is 126 cm³/mol. The summed E-state index contributed by atoms with van der Waals surface area (Å²) in [7, 11) is 1.29. The van der Waals surface area contributed by atoms with Crippen LogP contribution >= 0.6 is 0 Å². The lowest BCUT2D eigenvalue weighted by molar-refractivity contribution is -0.125. The lowest BCUT2D eigenvalue weighted by Crippen LogP contribution is -2.41. The molecule has 0 spiro atoms. The highest BCUT2D eigenvalue weighted by molar-refractivity contribution is 5.96. The number of methoxy groups -OCH3 is 1. The third-order valence-corrected chi connectivity index (χ3v) is 5.82. The number of halogens is 1. The van der Waals surface area contributed by atoms with Gasteiger partial charge in [0.15, 0.2) is 6.10 Å². The quantitative estimate of drug-likeness (QED) is 0.451. The molecule has 1 unspecified atom stereocenters. The largest absolute Gasteiger partial charge is 0.478 e. The van der Waals surface area contributed by atoms with E-state index in [0.29, 0.717) is 0 Å². The van der Waals surface area contributed by atoms with Gasteiger partial charge in [-0.15, -0.1) is 0 Å². The van der Waals surface area contributed by atoms with Crippen LogP contribution < -0.4 is 10.6 Å². The minimum atomic E-state index is -1.46. The maximum absolute atomic E-state index is 13.6. The van der Waals surface area contributed by atoms with E-state index in [9.17, 15) is 18.8 Å². The Hall–Kier alpha value is -4.24. The van der Waals surface area contributed by atoms with E-state index in [0.717, 1.165) is 34.4 Å². The van der Waals surface area contributed by atoms with Crippen molar-refractivity contribution >= 4 is 23.7 Å². The number of hydrogen-bond donors (Lipinski definition) is 3. The highest BCUT2D eigenvalue weighted by atomic mass is 19.1. The molecule has 8 nitrogen and oxygen atoms in total. The van der Waals surface area contributed by atoms with E-state index in [1.165, 1.54) is 13.2 Å². The van der Waals surface area contributed by atoms with Gasteiger partial charge in [-0.1, -0.05) is 48.5 Å². The van der Waals surface area contributed by atoms with E-state index in [4.69, 9.17) is 14.6 Å². The highest BCUT2D eigenvalue weighted by Gasteiger charge is 2.29. The van der Waals surface area contributed by atoms with Gasteiger partial charge in [0.1, 0.15) is 12.4 Å². The van der Waals surface area contributed by atoms with Gasteiger partial charge in [-0.25, -0.2) is 14.0 Å². The van der Waals surface area contributed by atoms with Gasteiger partial charge in [0.2, 0.25) is 0 Å². The molecule has 0 bridgehead atoms. The molecule has 0 saturated carbocycles. The molecule has 9 heteroatoms. The van der Waals surface area contributed by atoms with E-state index in [2.05, 4.69) is 10.6 Å². The van der Waals surface area contributed by atoms with Gasteiger partial charge in [-0.3, -0.25) is 4.79 Å². The normalized spacial score (nSPS) is 12.9. The van der Waals surface area contributed by atoms with Crippen LogP contribution in [0.4, 0.5) is 14.9 Å². The van der Waals surface area contributed by atoms with Gasteiger partial charge in [0, 0.05) is 18.7 Å². The van der Waals surface area contributed by atoms with Crippen molar-refractivity contribution in [2.45, 2.75) is 12.0 Å². The summed E-state index contributed by atoms with van der Waals surface area (Å²) in [6.07, 6.45) is -1.80. The molecule has 1 atom stereocenters. The maximum Gasteiger partial charge on any atom is 0.407 e. The molecule has 1 aliphatic carbocycles. The zero-order valence-electron chi connectivity index (χ0n) is 18.8. The molecule has 2 amide bonds. The van der Waals surface area contributed by atoms with Crippen LogP contribution in [0.2, 0.25) is 0 Å². The Kier molecular flexibility index (Phi) is 7.07. The van der Waals surface area contributed by atoms with Gasteiger partial charge in [0.25, 0.3) is 5.91 Å². The number of alkyl carbamates (subject to hydrolysis) is 1. The Morgan fingerprint density at radius 2 is 1.63 bits per heavy atom. The van der Waals surface area contributed by atoms with E-state index < -0.39 is 35.5 Å². The second kappa shape index (κ2) is 10.4. The summed E-state index contributed by atoms with van der Waals surface area (Å²) in [5.41, 5.74) is 3.89. The number of carboxylic acid groups (broad SMARTS) is 1. The molecule has 4 rings (SSSR count). The fraction of sp³-hybridized carbons (Fsp3) is 0.192. The molecule has 1 aliphatic rings. The molecular weight excluding hydrogens is 455 g/mol. The number of carboxylic acids is 1. The summed E-state index contributed by atoms with van der Waals surface area (Å²) in [5.74, 6) is -3.12. The lowest BCUT2D eigenvalue weighted by atomic mass is 9.98. The zero-order chi connectivity index (χ0) is 24.9. The molecule has 0 heterocycles. The summed E-state index contributed by atoms with van der Waals surface area (Å²) in [4.78, 5) is 35.9. The van der Waals surface area contributed by atoms with Crippen molar-refractivity contribution < 1.29 is 33.4 Å². The lowest BCUT2D eigenvalue weighted by Gasteiger charge is -2.18. The number of ether oxygens (including phenoxy) is 2. The smallest absolute Gasteiger partial charge is 0.407 e. The topological polar surface area (TPSA) is 114 Å². The van der Waals surface area contributed by atoms with Crippen LogP contribution in [-0.2, 0) is 14.3 Å². The monoisotopic (exact) mass is 478 g/mol. The summed E-state index contributed by atoms with van der Waals surface area (Å²) in [6.45, 7) is -0.0662. The summed E-state index contributed by atoms with van der Waals surface area (Å²) < 4.78 is 24.1. The predicted octanol–water partition coefficient (Wildman–Crippen LogP) is 4.02. The number of amides is 2. The Labute approximate surface area is 200 Å². The first-order valence-electron chi connectivity index (χ1n) is 10.8. The molecule has 35 heavy (non-hydrogen) atoms. The molecule has 3 aromatic rings. The second-order valence-electron chi connectivity index (χ2n) is 7.92. The standard InChI is InChI=1S/C26H23FN2O6/c1-34-23(24(30)29-15-10-11-22(27)20(12-15)25(31)32)13-28-26(33)35-14-21-18-8-4-2-6-16(18)17-7-3-5-9-19(17)21/h2-12,21,23H,13-14H2,1H3,(H,28,33)(H,29,30)(H,31,32). The highest BCUT2D eigenvalue weighted by Crippen LogP contribution is 2.44. The number of anilines is 1. The number of rotatable bonds is 8. The minimum absolute atomic E-state index is 0.0805. The van der Waals surface area contributed by atoms with Crippen molar-refractivity contribution in [1.29, 1.82) is 0 Å². The summed E-state index contributed by atoms with van der Waals surface area (Å²) >= 11 is 0. The Morgan fingerprint density at radius 1 is 1.00 bits per heavy atom. The number of hydrogen-bond acceptors (Lipinski definition) is 5. The first kappa shape index (κ1) is 23.9. The molecule has 0 fully saturated rings. The fourth-order valence-electron chi connectivity index (χ4n) is 4.10. The molecule has 0 aromatic heterocycles. The number of aromatic carboxylic acids is 1. The molecule has 0 radical (unpaired) electrons. The summed E-state index contributed by atoms with van der Waals surface area (Å²) in [6, 6.07) is 19.1. The van der Waals surface area contributed by atoms with Crippen molar-refractivity contribution in [3.05, 3.63) is 89.2 Å². The molecule has 3 aromatic carbocycles. The van der Waals surface area contributed by atoms with Gasteiger partial charge >= 0.3 is 12.1 Å². The summed E-state index contributed by atoms with van der Waals surface area (Å²) in [5, 5.41) is 14.0. The number of carbonyl (C=O) groups excluding carboxylic acids is 2. The molecule has 180 valence electrons. The third-order valence-electron chi connectivity index (χ3n) is 5.82. The zero-order valence-corrected chi connectivity index (χ0v) is 18.8. The molecule has 3 N–H and O–H groups in total. The van der Waals surface area contributed by atoms with Crippen LogP contribution in [0.1, 0.15) is 27.4 Å². The third kappa shape index (κ3) is 5.15. The van der Waals surface area contributed by atoms with Crippen LogP contribution in [0, 0.1) is 5.82 Å². The molecule has 0 saturated heterocycles. The van der Waals surface area contributed by atoms with Crippen molar-refractivity contribution in [2.75, 3.05) is 25.6 Å². The van der Waals surface area contributed by atoms with Gasteiger partial charge in [0.05, 0.1) is 12.1 Å². The van der Waals surface area contributed by atoms with Gasteiger partial charge in [-0.2, -0.15) is 0 Å². The van der Waals surface area contributed by atoms with Gasteiger partial charge < -0.3 is 25.2 Å². The van der Waals surface area contributed by atoms with Crippen molar-refractivity contribution in [3.8, 4) is 11.1 Å². The van der Waals surface area contributed by atoms with E-state index in [1.54, 1.807) is 0 Å². The molecular formula is C26H23FN2O6. The average Bonchev–Trinajstić information content (AvgIpc) is 3.18. The Bertz CT molecular complexity index is 1230. The first-order valence-corrected chi connectivity index (χ1v) is 10.8. The van der Waals surface area contributed by atoms with Crippen molar-refractivity contribution in [1.82, 2.24) is 5.32 Å². The van der Waals surface area contributed by atoms with Crippen molar-refractivity contribution in [2.24, 2.45) is 0 Å². The Morgan fingerprint density at radius 3 is 2.23 bits per heavy atom. The van der Waals surface area contributed by atoms with Crippen LogP contribution in [0.25, 0.3) is 11.1 Å². The SMILES string of the molecule is COC(CNC(=O)OCC1c2ccccc2-c2ccccc21)C(=O)Nc1ccc(F)c(C(=O)O)c1. The maximum atomic E-state index is 13.6. The van der Waals surface area contributed by atoms with E-state index in [1.807, 2.05) is 48.5 Å². The van der Waals surface area contributed by atoms with Crippen LogP contribution in [0.3, 0.4) is 0 Å². The van der Waals surface area contributed by atoms with E-state index >= 15 is 0 Å². The second-order valence-corrected chi connectivity index (χ2v) is 7.92. The number of carbonyl (C=O) groups is 3. The van der Waals surface area contributed by atoms with Crippen LogP contribution in [-0.4, -0.2) is 49.4 Å². The number of benzene rings is 3. The first-order chi connectivity index (χ1) is 16.9. The molecule has 0 aliphatic heterocycles. The fourth-order valence-corrected chi connectivity index (χ4v) is 4.10. The van der Waals surface area contributed by atoms with Crippen LogP contribution in [0.15, 0.2) is 66.7 Å². The number of nitrogens with one attached hydrogen (secondary N) is 2. The number of fused-ring (bicyclic) bond motifs is 3. The van der Waals surface area contributed by atoms with Crippen molar-refractivity contribution in [3.63, 3.8) is 0 Å². The minimum Gasteiger partial charge on any atom is -0.478 e. The Balaban J connectivity index is 1.33. The van der Waals surface area contributed by atoms with Gasteiger partial charge in [-0.05, 0) is 40.5 Å².